The highest BCUT2D eigenvalue weighted by Crippen LogP contribution is 2.38. The number of para-hydroxylation sites is 2. The number of hydrogen-bond donors (Lipinski definition) is 0. The Bertz CT molecular complexity index is 1180. The molecule has 0 saturated carbocycles. The van der Waals surface area contributed by atoms with E-state index in [1.165, 1.54) is 17.3 Å². The number of thioether (sulfide) groups is 1. The molecule has 0 radical (unpaired) electrons. The van der Waals surface area contributed by atoms with Gasteiger partial charge < -0.3 is 0 Å². The Hall–Kier alpha value is -3.11. The molecule has 4 heteroatoms. The van der Waals surface area contributed by atoms with Crippen molar-refractivity contribution in [1.82, 2.24) is 0 Å². The van der Waals surface area contributed by atoms with Crippen molar-refractivity contribution in [1.29, 1.82) is 0 Å². The van der Waals surface area contributed by atoms with E-state index in [0.29, 0.717) is 16.0 Å². The minimum absolute atomic E-state index is 0.0421. The van der Waals surface area contributed by atoms with E-state index in [1.807, 2.05) is 68.5 Å². The lowest BCUT2D eigenvalue weighted by molar-refractivity contribution is -0.113. The van der Waals surface area contributed by atoms with Gasteiger partial charge in [0.15, 0.2) is 5.17 Å². The zero-order chi connectivity index (χ0) is 22.0. The van der Waals surface area contributed by atoms with Crippen molar-refractivity contribution in [3.05, 3.63) is 100.0 Å². The zero-order valence-electron chi connectivity index (χ0n) is 18.3. The van der Waals surface area contributed by atoms with E-state index < -0.39 is 0 Å². The summed E-state index contributed by atoms with van der Waals surface area (Å²) in [6, 6.07) is 24.3. The summed E-state index contributed by atoms with van der Waals surface area (Å²) in [7, 11) is 0. The first kappa shape index (κ1) is 21.1. The molecule has 156 valence electrons. The van der Waals surface area contributed by atoms with Gasteiger partial charge >= 0.3 is 0 Å². The predicted octanol–water partition coefficient (Wildman–Crippen LogP) is 7.24. The van der Waals surface area contributed by atoms with E-state index in [1.54, 1.807) is 4.90 Å². The molecule has 31 heavy (non-hydrogen) atoms. The maximum Gasteiger partial charge on any atom is 0.271 e. The first-order chi connectivity index (χ1) is 14.9. The highest BCUT2D eigenvalue weighted by Gasteiger charge is 2.35. The van der Waals surface area contributed by atoms with Gasteiger partial charge in [-0.2, -0.15) is 0 Å². The number of amidine groups is 1. The Kier molecular flexibility index (Phi) is 6.10. The number of carbonyl (C=O) groups is 1. The second kappa shape index (κ2) is 8.94. The van der Waals surface area contributed by atoms with Crippen LogP contribution in [-0.2, 0) is 4.79 Å². The van der Waals surface area contributed by atoms with Gasteiger partial charge in [-0.05, 0) is 72.0 Å². The molecule has 3 aromatic rings. The smallest absolute Gasteiger partial charge is 0.268 e. The maximum atomic E-state index is 13.5. The van der Waals surface area contributed by atoms with Crippen LogP contribution in [-0.4, -0.2) is 11.1 Å². The molecule has 0 N–H and O–H groups in total. The fourth-order valence-corrected chi connectivity index (χ4v) is 4.48. The van der Waals surface area contributed by atoms with Gasteiger partial charge in [-0.15, -0.1) is 0 Å². The Morgan fingerprint density at radius 3 is 2.16 bits per heavy atom. The van der Waals surface area contributed by atoms with Crippen LogP contribution in [0.5, 0.6) is 0 Å². The zero-order valence-corrected chi connectivity index (χ0v) is 19.1. The van der Waals surface area contributed by atoms with Crippen molar-refractivity contribution in [2.45, 2.75) is 33.6 Å². The molecular formula is C27H26N2OS. The lowest BCUT2D eigenvalue weighted by atomic mass is 10.0. The van der Waals surface area contributed by atoms with Crippen molar-refractivity contribution in [3.8, 4) is 0 Å². The van der Waals surface area contributed by atoms with Crippen LogP contribution in [0.1, 0.15) is 42.0 Å². The van der Waals surface area contributed by atoms with Crippen LogP contribution in [0.3, 0.4) is 0 Å². The number of hydrogen-bond acceptors (Lipinski definition) is 3. The third-order valence-corrected chi connectivity index (χ3v) is 6.36. The van der Waals surface area contributed by atoms with E-state index in [-0.39, 0.29) is 5.91 Å². The van der Waals surface area contributed by atoms with Crippen LogP contribution in [0.4, 0.5) is 11.4 Å². The van der Waals surface area contributed by atoms with Gasteiger partial charge in [-0.3, -0.25) is 9.69 Å². The SMILES string of the molecule is Cc1ccccc1N=C1S/C(=C\c2ccc(C(C)C)cc2)C(=O)N1c1ccccc1C. The standard InChI is InChI=1S/C27H26N2OS/c1-18(2)22-15-13-21(14-16-22)17-25-26(30)29(24-12-8-6-10-20(24)4)27(31-25)28-23-11-7-5-9-19(23)3/h5-18H,1-4H3/b25-17-,28-27?. The maximum absolute atomic E-state index is 13.5. The topological polar surface area (TPSA) is 32.7 Å². The van der Waals surface area contributed by atoms with Gasteiger partial charge in [-0.25, -0.2) is 4.99 Å². The summed E-state index contributed by atoms with van der Waals surface area (Å²) < 4.78 is 0. The number of amides is 1. The molecule has 1 amide bonds. The number of anilines is 1. The first-order valence-electron chi connectivity index (χ1n) is 10.5. The van der Waals surface area contributed by atoms with Crippen molar-refractivity contribution in [3.63, 3.8) is 0 Å². The monoisotopic (exact) mass is 426 g/mol. The highest BCUT2D eigenvalue weighted by molar-refractivity contribution is 8.19. The summed E-state index contributed by atoms with van der Waals surface area (Å²) >= 11 is 1.43. The molecule has 3 aromatic carbocycles. The van der Waals surface area contributed by atoms with Gasteiger partial charge in [-0.1, -0.05) is 74.5 Å². The van der Waals surface area contributed by atoms with Crippen molar-refractivity contribution in [2.75, 3.05) is 4.90 Å². The molecule has 3 nitrogen and oxygen atoms in total. The molecule has 0 spiro atoms. The third kappa shape index (κ3) is 4.49. The Morgan fingerprint density at radius 1 is 0.871 bits per heavy atom. The predicted molar refractivity (Wildman–Crippen MR) is 133 cm³/mol. The summed E-state index contributed by atoms with van der Waals surface area (Å²) in [6.07, 6.45) is 1.96. The quantitative estimate of drug-likeness (QED) is 0.412. The summed E-state index contributed by atoms with van der Waals surface area (Å²) in [4.78, 5) is 20.8. The lowest BCUT2D eigenvalue weighted by Crippen LogP contribution is -2.29. The van der Waals surface area contributed by atoms with Gasteiger partial charge in [0.25, 0.3) is 5.91 Å². The Morgan fingerprint density at radius 2 is 1.52 bits per heavy atom. The molecule has 0 aliphatic carbocycles. The van der Waals surface area contributed by atoms with Crippen LogP contribution < -0.4 is 4.90 Å². The minimum Gasteiger partial charge on any atom is -0.268 e. The van der Waals surface area contributed by atoms with Crippen LogP contribution >= 0.6 is 11.8 Å². The van der Waals surface area contributed by atoms with E-state index in [4.69, 9.17) is 4.99 Å². The van der Waals surface area contributed by atoms with E-state index in [2.05, 4.69) is 38.1 Å². The fraction of sp³-hybridized carbons (Fsp3) is 0.185. The van der Waals surface area contributed by atoms with Crippen LogP contribution in [0, 0.1) is 13.8 Å². The second-order valence-corrected chi connectivity index (χ2v) is 9.05. The first-order valence-corrected chi connectivity index (χ1v) is 11.3. The minimum atomic E-state index is -0.0421. The lowest BCUT2D eigenvalue weighted by Gasteiger charge is -2.18. The summed E-state index contributed by atoms with van der Waals surface area (Å²) in [5.74, 6) is 0.438. The number of aryl methyl sites for hydroxylation is 2. The van der Waals surface area contributed by atoms with Gasteiger partial charge in [0.05, 0.1) is 16.3 Å². The van der Waals surface area contributed by atoms with Crippen LogP contribution in [0.25, 0.3) is 6.08 Å². The van der Waals surface area contributed by atoms with Crippen molar-refractivity contribution in [2.24, 2.45) is 4.99 Å². The molecule has 0 aromatic heterocycles. The van der Waals surface area contributed by atoms with E-state index >= 15 is 0 Å². The van der Waals surface area contributed by atoms with Crippen molar-refractivity contribution >= 4 is 40.3 Å². The summed E-state index contributed by atoms with van der Waals surface area (Å²) in [5.41, 5.74) is 6.16. The Balaban J connectivity index is 1.77. The average molecular weight is 427 g/mol. The number of aliphatic imine (C=N–C) groups is 1. The molecule has 1 aliphatic rings. The molecule has 1 fully saturated rings. The van der Waals surface area contributed by atoms with Gasteiger partial charge in [0, 0.05) is 0 Å². The molecule has 0 atom stereocenters. The number of benzene rings is 3. The molecule has 1 saturated heterocycles. The van der Waals surface area contributed by atoms with E-state index in [9.17, 15) is 4.79 Å². The largest absolute Gasteiger partial charge is 0.271 e. The Labute approximate surface area is 188 Å². The summed E-state index contributed by atoms with van der Waals surface area (Å²) in [6.45, 7) is 8.41. The number of carbonyl (C=O) groups excluding carboxylic acids is 1. The molecule has 0 unspecified atom stereocenters. The molecule has 1 aliphatic heterocycles. The van der Waals surface area contributed by atoms with E-state index in [0.717, 1.165) is 28.1 Å². The number of nitrogens with zero attached hydrogens (tertiary/aromatic N) is 2. The molecule has 1 heterocycles. The fourth-order valence-electron chi connectivity index (χ4n) is 3.50. The average Bonchev–Trinajstić information content (AvgIpc) is 3.05. The van der Waals surface area contributed by atoms with Crippen LogP contribution in [0.2, 0.25) is 0 Å². The van der Waals surface area contributed by atoms with Crippen molar-refractivity contribution < 1.29 is 4.79 Å². The molecule has 0 bridgehead atoms. The van der Waals surface area contributed by atoms with Gasteiger partial charge in [0.1, 0.15) is 0 Å². The third-order valence-electron chi connectivity index (χ3n) is 5.40. The van der Waals surface area contributed by atoms with Crippen LogP contribution in [0.15, 0.2) is 82.7 Å². The second-order valence-electron chi connectivity index (χ2n) is 8.04. The molecule has 4 rings (SSSR count). The highest BCUT2D eigenvalue weighted by atomic mass is 32.2. The number of rotatable bonds is 4. The normalized spacial score (nSPS) is 16.7. The molecular weight excluding hydrogens is 400 g/mol. The summed E-state index contributed by atoms with van der Waals surface area (Å²) in [5, 5.41) is 0.679. The van der Waals surface area contributed by atoms with Gasteiger partial charge in [0.2, 0.25) is 0 Å².